The van der Waals surface area contributed by atoms with Gasteiger partial charge in [0, 0.05) is 25.5 Å². The van der Waals surface area contributed by atoms with Crippen molar-refractivity contribution < 1.29 is 32.6 Å². The van der Waals surface area contributed by atoms with Gasteiger partial charge in [0.15, 0.2) is 11.2 Å². The maximum absolute atomic E-state index is 12.8. The molecule has 2 aromatic carbocycles. The molecule has 5 N–H and O–H groups in total. The molecule has 0 radical (unpaired) electrons. The molecule has 37 heavy (non-hydrogen) atoms. The summed E-state index contributed by atoms with van der Waals surface area (Å²) >= 11 is 1.03. The highest BCUT2D eigenvalue weighted by Crippen LogP contribution is 2.45. The number of nitrogens with two attached hydrogens (primary N) is 1. The molecule has 0 saturated heterocycles. The number of imidazole rings is 1. The van der Waals surface area contributed by atoms with Gasteiger partial charge < -0.3 is 35.7 Å². The molecule has 11 nitrogen and oxygen atoms in total. The number of carboxylic acid groups (broad SMARTS) is 1. The summed E-state index contributed by atoms with van der Waals surface area (Å²) in [5, 5.41) is 16.1. The number of aromatic nitrogens is 3. The molecular weight excluding hydrogens is 515 g/mol. The molecule has 0 spiro atoms. The first-order valence-corrected chi connectivity index (χ1v) is 11.4. The smallest absolute Gasteiger partial charge is 0.478 e. The number of hydrogen-bond donors (Lipinski definition) is 4. The van der Waals surface area contributed by atoms with E-state index in [1.807, 2.05) is 0 Å². The molecular formula is C22H18F3N7O4S. The molecule has 0 bridgehead atoms. The lowest BCUT2D eigenvalue weighted by Gasteiger charge is -2.42. The van der Waals surface area contributed by atoms with Crippen LogP contribution >= 0.6 is 11.3 Å². The second kappa shape index (κ2) is 8.55. The number of amides is 1. The van der Waals surface area contributed by atoms with Crippen LogP contribution in [0.2, 0.25) is 0 Å². The summed E-state index contributed by atoms with van der Waals surface area (Å²) in [5.74, 6) is -3.80. The van der Waals surface area contributed by atoms with Gasteiger partial charge in [0.05, 0.1) is 33.5 Å². The molecule has 2 unspecified atom stereocenters. The first-order chi connectivity index (χ1) is 17.5. The molecule has 0 saturated carbocycles. The van der Waals surface area contributed by atoms with Gasteiger partial charge in [-0.15, -0.1) is 13.2 Å². The molecule has 4 aromatic rings. The quantitative estimate of drug-likeness (QED) is 0.280. The summed E-state index contributed by atoms with van der Waals surface area (Å²) in [7, 11) is 1.67. The number of primary amides is 1. The zero-order chi connectivity index (χ0) is 26.5. The van der Waals surface area contributed by atoms with E-state index in [1.165, 1.54) is 41.4 Å². The van der Waals surface area contributed by atoms with Gasteiger partial charge in [-0.25, -0.2) is 14.8 Å². The third-order valence-electron chi connectivity index (χ3n) is 5.84. The van der Waals surface area contributed by atoms with Crippen LogP contribution < -0.4 is 26.0 Å². The number of anilines is 3. The second-order valence-corrected chi connectivity index (χ2v) is 9.15. The van der Waals surface area contributed by atoms with Gasteiger partial charge in [-0.1, -0.05) is 11.3 Å². The highest BCUT2D eigenvalue weighted by atomic mass is 32.1. The van der Waals surface area contributed by atoms with Crippen molar-refractivity contribution in [3.63, 3.8) is 0 Å². The van der Waals surface area contributed by atoms with E-state index in [1.54, 1.807) is 24.2 Å². The van der Waals surface area contributed by atoms with Gasteiger partial charge in [-0.2, -0.15) is 0 Å². The predicted molar refractivity (Wildman–Crippen MR) is 129 cm³/mol. The number of fused-ring (bicyclic) bond motifs is 2. The third kappa shape index (κ3) is 4.33. The highest BCUT2D eigenvalue weighted by Gasteiger charge is 2.52. The average Bonchev–Trinajstić information content (AvgIpc) is 3.51. The number of halogens is 3. The number of carbonyl (C=O) groups excluding carboxylic acids is 1. The van der Waals surface area contributed by atoms with Crippen LogP contribution in [0.25, 0.3) is 10.2 Å². The largest absolute Gasteiger partial charge is 0.573 e. The summed E-state index contributed by atoms with van der Waals surface area (Å²) in [5.41, 5.74) is 7.22. The molecule has 0 fully saturated rings. The molecule has 1 amide bonds. The topological polar surface area (TPSA) is 148 Å². The maximum atomic E-state index is 12.8. The number of hydrogen-bond acceptors (Lipinski definition) is 9. The molecule has 192 valence electrons. The second-order valence-electron chi connectivity index (χ2n) is 8.12. The normalized spacial score (nSPS) is 17.8. The average molecular weight is 533 g/mol. The Hall–Kier alpha value is -4.53. The van der Waals surface area contributed by atoms with Crippen LogP contribution in [-0.4, -0.2) is 50.7 Å². The molecule has 3 heterocycles. The van der Waals surface area contributed by atoms with Crippen molar-refractivity contribution in [3.05, 3.63) is 60.7 Å². The van der Waals surface area contributed by atoms with Gasteiger partial charge in [-0.3, -0.25) is 4.79 Å². The van der Waals surface area contributed by atoms with E-state index in [0.29, 0.717) is 21.6 Å². The van der Waals surface area contributed by atoms with Crippen LogP contribution in [0.1, 0.15) is 16.4 Å². The van der Waals surface area contributed by atoms with Gasteiger partial charge in [0.1, 0.15) is 5.75 Å². The van der Waals surface area contributed by atoms with Crippen molar-refractivity contribution in [2.24, 2.45) is 5.73 Å². The minimum atomic E-state index is -4.85. The third-order valence-corrected chi connectivity index (χ3v) is 6.77. The van der Waals surface area contributed by atoms with E-state index in [9.17, 15) is 27.9 Å². The first kappa shape index (κ1) is 24.2. The maximum Gasteiger partial charge on any atom is 0.573 e. The molecule has 0 aliphatic carbocycles. The lowest BCUT2D eigenvalue weighted by Crippen LogP contribution is -2.64. The van der Waals surface area contributed by atoms with Crippen LogP contribution in [0, 0.1) is 0 Å². The van der Waals surface area contributed by atoms with Crippen molar-refractivity contribution in [1.82, 2.24) is 14.5 Å². The predicted octanol–water partition coefficient (Wildman–Crippen LogP) is 3.44. The Labute approximate surface area is 210 Å². The number of nitrogens with one attached hydrogen (secondary N) is 2. The zero-order valence-electron chi connectivity index (χ0n) is 18.9. The highest BCUT2D eigenvalue weighted by molar-refractivity contribution is 7.22. The Balaban J connectivity index is 1.60. The number of thiazole rings is 1. The van der Waals surface area contributed by atoms with Crippen molar-refractivity contribution in [3.8, 4) is 5.75 Å². The van der Waals surface area contributed by atoms with Crippen LogP contribution in [-0.2, 0) is 4.79 Å². The summed E-state index contributed by atoms with van der Waals surface area (Å²) in [4.78, 5) is 34.5. The molecule has 15 heteroatoms. The fourth-order valence-corrected chi connectivity index (χ4v) is 5.24. The number of benzene rings is 2. The Kier molecular flexibility index (Phi) is 5.58. The molecule has 2 aromatic heterocycles. The van der Waals surface area contributed by atoms with Gasteiger partial charge >= 0.3 is 12.3 Å². The molecule has 2 atom stereocenters. The first-order valence-electron chi connectivity index (χ1n) is 10.6. The lowest BCUT2D eigenvalue weighted by molar-refractivity contribution is -0.274. The number of likely N-dealkylation sites (N-methyl/N-ethyl adjacent to an activating group) is 1. The Bertz CT molecular complexity index is 1510. The van der Waals surface area contributed by atoms with E-state index < -0.39 is 35.8 Å². The number of alkyl halides is 3. The Morgan fingerprint density at radius 2 is 2.05 bits per heavy atom. The van der Waals surface area contributed by atoms with Crippen LogP contribution in [0.15, 0.2) is 55.1 Å². The number of nitrogens with zero attached hydrogens (tertiary/aromatic N) is 4. The summed E-state index contributed by atoms with van der Waals surface area (Å²) < 4.78 is 43.9. The van der Waals surface area contributed by atoms with Gasteiger partial charge in [0.2, 0.25) is 11.7 Å². The van der Waals surface area contributed by atoms with Crippen molar-refractivity contribution >= 4 is 49.9 Å². The van der Waals surface area contributed by atoms with E-state index in [2.05, 4.69) is 25.3 Å². The molecule has 1 aliphatic rings. The summed E-state index contributed by atoms with van der Waals surface area (Å²) in [6, 6.07) is 7.02. The number of carboxylic acids is 1. The summed E-state index contributed by atoms with van der Waals surface area (Å²) in [6.07, 6.45) is -0.438. The molecule has 5 rings (SSSR count). The van der Waals surface area contributed by atoms with Gasteiger partial charge in [0.25, 0.3) is 0 Å². The summed E-state index contributed by atoms with van der Waals surface area (Å²) in [6.45, 7) is 0. The monoisotopic (exact) mass is 533 g/mol. The minimum Gasteiger partial charge on any atom is -0.478 e. The minimum absolute atomic E-state index is 0.0193. The van der Waals surface area contributed by atoms with Crippen molar-refractivity contribution in [1.29, 1.82) is 0 Å². The Morgan fingerprint density at radius 3 is 2.70 bits per heavy atom. The number of aromatic carboxylic acids is 1. The van der Waals surface area contributed by atoms with Crippen LogP contribution in [0.5, 0.6) is 5.75 Å². The van der Waals surface area contributed by atoms with Crippen molar-refractivity contribution in [2.45, 2.75) is 18.2 Å². The van der Waals surface area contributed by atoms with Gasteiger partial charge in [-0.05, 0) is 30.3 Å². The fourth-order valence-electron chi connectivity index (χ4n) is 4.29. The molecule has 1 aliphatic heterocycles. The fraction of sp³-hybridized carbons (Fsp3) is 0.182. The number of ether oxygens (including phenoxy) is 1. The van der Waals surface area contributed by atoms with E-state index in [0.717, 1.165) is 17.4 Å². The Morgan fingerprint density at radius 1 is 1.27 bits per heavy atom. The zero-order valence-corrected chi connectivity index (χ0v) is 19.7. The number of rotatable bonds is 7. The number of carbonyl (C=O) groups is 2. The van der Waals surface area contributed by atoms with E-state index in [-0.39, 0.29) is 10.7 Å². The van der Waals surface area contributed by atoms with Crippen molar-refractivity contribution in [2.75, 3.05) is 22.6 Å². The van der Waals surface area contributed by atoms with Crippen LogP contribution in [0.4, 0.5) is 29.7 Å². The van der Waals surface area contributed by atoms with Crippen LogP contribution in [0.3, 0.4) is 0 Å². The van der Waals surface area contributed by atoms with E-state index in [4.69, 9.17) is 5.73 Å². The lowest BCUT2D eigenvalue weighted by atomic mass is 10.1. The SMILES string of the molecule is CN1c2ccc(C(=O)O)cc2NC1(Nc1nc2ccc(OC(F)(F)F)cc2s1)C(C(N)=O)n1ccnc1. The van der Waals surface area contributed by atoms with E-state index >= 15 is 0 Å². The standard InChI is InChI=1S/C22H18F3N7O4S/c1-31-15-5-2-11(19(34)35)8-14(15)29-21(31,17(18(26)33)32-7-6-27-10-32)30-20-28-13-4-3-12(9-16(13)37-20)36-22(23,24)25/h2-10,17,29H,1H3,(H2,26,33)(H,28,30)(H,34,35).